The molecule has 2 aromatic heterocycles. The Labute approximate surface area is 169 Å². The first-order valence-electron chi connectivity index (χ1n) is 10.1. The second kappa shape index (κ2) is 8.11. The molecule has 7 nitrogen and oxygen atoms in total. The van der Waals surface area contributed by atoms with E-state index in [-0.39, 0.29) is 30.4 Å². The average Bonchev–Trinajstić information content (AvgIpc) is 3.18. The summed E-state index contributed by atoms with van der Waals surface area (Å²) in [5.41, 5.74) is 5.25. The van der Waals surface area contributed by atoms with Gasteiger partial charge in [-0.05, 0) is 43.9 Å². The number of carbonyl (C=O) groups is 2. The van der Waals surface area contributed by atoms with Gasteiger partial charge in [0.2, 0.25) is 5.91 Å². The number of aryl methyl sites for hydroxylation is 2. The maximum atomic E-state index is 12.8. The lowest BCUT2D eigenvalue weighted by Gasteiger charge is -2.32. The van der Waals surface area contributed by atoms with Crippen molar-refractivity contribution in [3.8, 4) is 0 Å². The van der Waals surface area contributed by atoms with E-state index in [9.17, 15) is 9.59 Å². The van der Waals surface area contributed by atoms with Crippen LogP contribution in [0.3, 0.4) is 0 Å². The molecular weight excluding hydrogens is 366 g/mol. The average molecular weight is 391 g/mol. The van der Waals surface area contributed by atoms with Gasteiger partial charge in [-0.2, -0.15) is 5.10 Å². The standard InChI is InChI=1S/C22H25N5O2/c1-14-5-6-16(12-15(14)2)18(28)7-8-19(29)27-11-3-4-17(13-27)20-21-22(26-25-20)24-10-9-23-21/h5-6,9-10,12,17H,3-4,7-8,11,13H2,1-2H3,(H,24,25,26). The van der Waals surface area contributed by atoms with Crippen molar-refractivity contribution in [3.05, 3.63) is 53.0 Å². The topological polar surface area (TPSA) is 91.8 Å². The molecule has 1 fully saturated rings. The van der Waals surface area contributed by atoms with Crippen LogP contribution in [0.4, 0.5) is 0 Å². The Hall–Kier alpha value is -3.09. The van der Waals surface area contributed by atoms with Crippen molar-refractivity contribution in [2.75, 3.05) is 13.1 Å². The maximum absolute atomic E-state index is 12.8. The Balaban J connectivity index is 1.38. The Kier molecular flexibility index (Phi) is 5.38. The number of amides is 1. The second-order valence-corrected chi connectivity index (χ2v) is 7.77. The molecule has 0 aliphatic carbocycles. The third kappa shape index (κ3) is 4.04. The van der Waals surface area contributed by atoms with Gasteiger partial charge < -0.3 is 4.90 Å². The normalized spacial score (nSPS) is 16.9. The van der Waals surface area contributed by atoms with E-state index in [1.807, 2.05) is 36.9 Å². The fourth-order valence-corrected chi connectivity index (χ4v) is 3.93. The molecule has 1 aliphatic heterocycles. The van der Waals surface area contributed by atoms with Crippen molar-refractivity contribution in [2.45, 2.75) is 45.4 Å². The van der Waals surface area contributed by atoms with Crippen LogP contribution >= 0.6 is 0 Å². The molecule has 1 aliphatic rings. The smallest absolute Gasteiger partial charge is 0.223 e. The fourth-order valence-electron chi connectivity index (χ4n) is 3.93. The molecule has 4 rings (SSSR count). The highest BCUT2D eigenvalue weighted by molar-refractivity contribution is 5.98. The molecule has 1 N–H and O–H groups in total. The van der Waals surface area contributed by atoms with Gasteiger partial charge in [0.15, 0.2) is 11.4 Å². The summed E-state index contributed by atoms with van der Waals surface area (Å²) in [4.78, 5) is 35.7. The molecule has 0 saturated carbocycles. The van der Waals surface area contributed by atoms with E-state index in [1.54, 1.807) is 12.4 Å². The molecule has 1 saturated heterocycles. The van der Waals surface area contributed by atoms with E-state index >= 15 is 0 Å². The number of nitrogens with zero attached hydrogens (tertiary/aromatic N) is 4. The quantitative estimate of drug-likeness (QED) is 0.674. The van der Waals surface area contributed by atoms with Crippen LogP contribution < -0.4 is 0 Å². The van der Waals surface area contributed by atoms with Crippen LogP contribution in [0.15, 0.2) is 30.6 Å². The maximum Gasteiger partial charge on any atom is 0.223 e. The number of fused-ring (bicyclic) bond motifs is 1. The van der Waals surface area contributed by atoms with Gasteiger partial charge in [-0.25, -0.2) is 9.97 Å². The zero-order valence-corrected chi connectivity index (χ0v) is 16.8. The number of benzene rings is 1. The summed E-state index contributed by atoms with van der Waals surface area (Å²) in [5, 5.41) is 7.28. The van der Waals surface area contributed by atoms with Crippen molar-refractivity contribution in [2.24, 2.45) is 0 Å². The number of aromatic amines is 1. The monoisotopic (exact) mass is 391 g/mol. The number of rotatable bonds is 5. The number of ketones is 1. The van der Waals surface area contributed by atoms with Gasteiger partial charge in [-0.15, -0.1) is 0 Å². The second-order valence-electron chi connectivity index (χ2n) is 7.77. The number of hydrogen-bond acceptors (Lipinski definition) is 5. The first-order valence-corrected chi connectivity index (χ1v) is 10.1. The largest absolute Gasteiger partial charge is 0.342 e. The molecule has 0 spiro atoms. The molecule has 29 heavy (non-hydrogen) atoms. The van der Waals surface area contributed by atoms with E-state index in [0.29, 0.717) is 17.8 Å². The predicted molar refractivity (Wildman–Crippen MR) is 110 cm³/mol. The number of H-pyrrole nitrogens is 1. The van der Waals surface area contributed by atoms with Crippen LogP contribution in [0.2, 0.25) is 0 Å². The number of carbonyl (C=O) groups excluding carboxylic acids is 2. The summed E-state index contributed by atoms with van der Waals surface area (Å²) in [7, 11) is 0. The van der Waals surface area contributed by atoms with E-state index in [4.69, 9.17) is 0 Å². The van der Waals surface area contributed by atoms with Crippen molar-refractivity contribution >= 4 is 22.9 Å². The zero-order chi connectivity index (χ0) is 20.4. The number of aromatic nitrogens is 4. The van der Waals surface area contributed by atoms with Gasteiger partial charge in [0.05, 0.1) is 5.69 Å². The lowest BCUT2D eigenvalue weighted by molar-refractivity contribution is -0.132. The Bertz CT molecular complexity index is 1060. The van der Waals surface area contributed by atoms with Crippen LogP contribution in [0.5, 0.6) is 0 Å². The predicted octanol–water partition coefficient (Wildman–Crippen LogP) is 3.34. The number of piperidine rings is 1. The molecule has 7 heteroatoms. The molecule has 0 bridgehead atoms. The molecule has 1 amide bonds. The van der Waals surface area contributed by atoms with Gasteiger partial charge in [0.25, 0.3) is 0 Å². The number of Topliss-reactive ketones (excluding diaryl/α,β-unsaturated/α-hetero) is 1. The third-order valence-corrected chi connectivity index (χ3v) is 5.79. The summed E-state index contributed by atoms with van der Waals surface area (Å²) >= 11 is 0. The SMILES string of the molecule is Cc1ccc(C(=O)CCC(=O)N2CCCC(c3[nH]nc4nccnc34)C2)cc1C. The molecule has 1 atom stereocenters. The molecular formula is C22H25N5O2. The highest BCUT2D eigenvalue weighted by Crippen LogP contribution is 2.29. The van der Waals surface area contributed by atoms with Gasteiger partial charge in [0.1, 0.15) is 5.52 Å². The number of hydrogen-bond donors (Lipinski definition) is 1. The lowest BCUT2D eigenvalue weighted by atomic mass is 9.93. The summed E-state index contributed by atoms with van der Waals surface area (Å²) in [5.74, 6) is 0.205. The molecule has 150 valence electrons. The Morgan fingerprint density at radius 2 is 1.97 bits per heavy atom. The third-order valence-electron chi connectivity index (χ3n) is 5.79. The molecule has 0 radical (unpaired) electrons. The van der Waals surface area contributed by atoms with E-state index < -0.39 is 0 Å². The Morgan fingerprint density at radius 1 is 1.14 bits per heavy atom. The minimum atomic E-state index is 0.0184. The summed E-state index contributed by atoms with van der Waals surface area (Å²) < 4.78 is 0. The lowest BCUT2D eigenvalue weighted by Crippen LogP contribution is -2.39. The van der Waals surface area contributed by atoms with Gasteiger partial charge in [-0.1, -0.05) is 12.1 Å². The van der Waals surface area contributed by atoms with Crippen molar-refractivity contribution < 1.29 is 9.59 Å². The first-order chi connectivity index (χ1) is 14.0. The fraction of sp³-hybridized carbons (Fsp3) is 0.409. The summed E-state index contributed by atoms with van der Waals surface area (Å²) in [6.07, 6.45) is 5.65. The highest BCUT2D eigenvalue weighted by Gasteiger charge is 2.28. The van der Waals surface area contributed by atoms with Crippen molar-refractivity contribution in [3.63, 3.8) is 0 Å². The van der Waals surface area contributed by atoms with Crippen LogP contribution in [-0.2, 0) is 4.79 Å². The van der Waals surface area contributed by atoms with Crippen molar-refractivity contribution in [1.82, 2.24) is 25.1 Å². The molecule has 1 unspecified atom stereocenters. The summed E-state index contributed by atoms with van der Waals surface area (Å²) in [6.45, 7) is 5.36. The van der Waals surface area contributed by atoms with Gasteiger partial charge >= 0.3 is 0 Å². The van der Waals surface area contributed by atoms with Crippen LogP contribution in [0.25, 0.3) is 11.2 Å². The Morgan fingerprint density at radius 3 is 2.79 bits per heavy atom. The van der Waals surface area contributed by atoms with Gasteiger partial charge in [-0.3, -0.25) is 14.7 Å². The minimum absolute atomic E-state index is 0.0184. The molecule has 3 heterocycles. The van der Waals surface area contributed by atoms with Crippen LogP contribution in [0.1, 0.15) is 58.8 Å². The van der Waals surface area contributed by atoms with Gasteiger partial charge in [0, 0.05) is 49.8 Å². The van der Waals surface area contributed by atoms with Crippen LogP contribution in [0, 0.1) is 13.8 Å². The van der Waals surface area contributed by atoms with E-state index in [1.165, 1.54) is 0 Å². The zero-order valence-electron chi connectivity index (χ0n) is 16.8. The first kappa shape index (κ1) is 19.2. The van der Waals surface area contributed by atoms with Crippen molar-refractivity contribution in [1.29, 1.82) is 0 Å². The van der Waals surface area contributed by atoms with E-state index in [0.717, 1.165) is 41.7 Å². The minimum Gasteiger partial charge on any atom is -0.342 e. The highest BCUT2D eigenvalue weighted by atomic mass is 16.2. The summed E-state index contributed by atoms with van der Waals surface area (Å²) in [6, 6.07) is 5.71. The molecule has 3 aromatic rings. The van der Waals surface area contributed by atoms with E-state index in [2.05, 4.69) is 20.2 Å². The number of nitrogens with one attached hydrogen (secondary N) is 1. The number of likely N-dealkylation sites (tertiary alicyclic amines) is 1. The molecule has 1 aromatic carbocycles. The van der Waals surface area contributed by atoms with Crippen LogP contribution in [-0.4, -0.2) is 49.8 Å².